The van der Waals surface area contributed by atoms with Crippen LogP contribution in [0.3, 0.4) is 0 Å². The second-order valence-corrected chi connectivity index (χ2v) is 4.65. The van der Waals surface area contributed by atoms with E-state index in [-0.39, 0.29) is 5.78 Å². The number of carbonyl (C=O) groups is 2. The molecule has 2 aromatic rings. The minimum Gasteiger partial charge on any atom is -0.369 e. The molecule has 98 valence electrons. The Kier molecular flexibility index (Phi) is 3.51. The van der Waals surface area contributed by atoms with Crippen molar-refractivity contribution in [2.75, 3.05) is 0 Å². The molecular formula is C15H16N2O2. The Labute approximate surface area is 111 Å². The van der Waals surface area contributed by atoms with E-state index in [2.05, 4.69) is 4.98 Å². The molecule has 0 fully saturated rings. The van der Waals surface area contributed by atoms with E-state index in [4.69, 9.17) is 5.73 Å². The first kappa shape index (κ1) is 13.1. The van der Waals surface area contributed by atoms with Gasteiger partial charge in [0.25, 0.3) is 0 Å². The number of benzene rings is 1. The molecule has 1 aromatic heterocycles. The van der Waals surface area contributed by atoms with E-state index in [0.29, 0.717) is 17.0 Å². The first-order chi connectivity index (χ1) is 8.99. The Hall–Kier alpha value is -2.36. The summed E-state index contributed by atoms with van der Waals surface area (Å²) in [4.78, 5) is 26.3. The molecule has 0 aliphatic rings. The van der Waals surface area contributed by atoms with E-state index < -0.39 is 11.8 Å². The molecule has 0 saturated heterocycles. The van der Waals surface area contributed by atoms with Crippen molar-refractivity contribution in [3.05, 3.63) is 58.9 Å². The van der Waals surface area contributed by atoms with E-state index >= 15 is 0 Å². The second-order valence-electron chi connectivity index (χ2n) is 4.65. The normalized spacial score (nSPS) is 12.1. The molecule has 1 heterocycles. The Morgan fingerprint density at radius 1 is 1.11 bits per heavy atom. The first-order valence-electron chi connectivity index (χ1n) is 6.08. The van der Waals surface area contributed by atoms with E-state index in [9.17, 15) is 9.59 Å². The predicted octanol–water partition coefficient (Wildman–Crippen LogP) is 2.14. The van der Waals surface area contributed by atoms with Crippen LogP contribution in [0.5, 0.6) is 0 Å². The average Bonchev–Trinajstić information content (AvgIpc) is 2.87. The zero-order valence-corrected chi connectivity index (χ0v) is 10.9. The third kappa shape index (κ3) is 2.73. The number of nitrogens with two attached hydrogens (primary N) is 1. The van der Waals surface area contributed by atoms with Crippen molar-refractivity contribution < 1.29 is 9.59 Å². The molecule has 0 aliphatic heterocycles. The Balaban J connectivity index is 2.25. The summed E-state index contributed by atoms with van der Waals surface area (Å²) in [7, 11) is 0. The highest BCUT2D eigenvalue weighted by Crippen LogP contribution is 2.16. The van der Waals surface area contributed by atoms with Gasteiger partial charge in [-0.2, -0.15) is 0 Å². The highest BCUT2D eigenvalue weighted by atomic mass is 16.1. The summed E-state index contributed by atoms with van der Waals surface area (Å²) < 4.78 is 0. The number of aromatic amines is 1. The largest absolute Gasteiger partial charge is 0.369 e. The highest BCUT2D eigenvalue weighted by molar-refractivity contribution is 6.07. The maximum atomic E-state index is 12.2. The summed E-state index contributed by atoms with van der Waals surface area (Å²) in [6, 6.07) is 10.8. The van der Waals surface area contributed by atoms with E-state index in [0.717, 1.165) is 5.56 Å². The molecule has 0 radical (unpaired) electrons. The minimum atomic E-state index is -0.431. The lowest BCUT2D eigenvalue weighted by Crippen LogP contribution is -2.19. The van der Waals surface area contributed by atoms with Crippen LogP contribution in [0.15, 0.2) is 36.4 Å². The number of H-pyrrole nitrogens is 1. The Morgan fingerprint density at radius 2 is 1.74 bits per heavy atom. The monoisotopic (exact) mass is 256 g/mol. The Bertz CT molecular complexity index is 611. The third-order valence-electron chi connectivity index (χ3n) is 3.16. The summed E-state index contributed by atoms with van der Waals surface area (Å²) in [6.07, 6.45) is 0. The van der Waals surface area contributed by atoms with Crippen LogP contribution < -0.4 is 5.73 Å². The zero-order valence-electron chi connectivity index (χ0n) is 10.9. The fourth-order valence-electron chi connectivity index (χ4n) is 1.81. The SMILES string of the molecule is Cc1ccc(C(=O)c2ccc(C(C)C(N)=O)[nH]2)cc1. The number of nitrogens with one attached hydrogen (secondary N) is 1. The number of hydrogen-bond donors (Lipinski definition) is 2. The van der Waals surface area contributed by atoms with Crippen LogP contribution in [0.1, 0.15) is 40.2 Å². The standard InChI is InChI=1S/C15H16N2O2/c1-9-3-5-11(6-4-9)14(18)13-8-7-12(17-13)10(2)15(16)19/h3-8,10,17H,1-2H3,(H2,16,19). The molecule has 1 amide bonds. The van der Waals surface area contributed by atoms with Gasteiger partial charge in [-0.05, 0) is 26.0 Å². The van der Waals surface area contributed by atoms with Gasteiger partial charge in [0.15, 0.2) is 0 Å². The molecule has 0 bridgehead atoms. The predicted molar refractivity (Wildman–Crippen MR) is 73.0 cm³/mol. The fourth-order valence-corrected chi connectivity index (χ4v) is 1.81. The first-order valence-corrected chi connectivity index (χ1v) is 6.08. The molecule has 0 spiro atoms. The second kappa shape index (κ2) is 5.10. The fraction of sp³-hybridized carbons (Fsp3) is 0.200. The molecule has 1 atom stereocenters. The Morgan fingerprint density at radius 3 is 2.32 bits per heavy atom. The topological polar surface area (TPSA) is 76.0 Å². The van der Waals surface area contributed by atoms with E-state index in [1.54, 1.807) is 31.2 Å². The van der Waals surface area contributed by atoms with Crippen molar-refractivity contribution in [1.82, 2.24) is 4.98 Å². The summed E-state index contributed by atoms with van der Waals surface area (Å²) in [5.74, 6) is -0.946. The molecule has 4 heteroatoms. The summed E-state index contributed by atoms with van der Waals surface area (Å²) in [6.45, 7) is 3.67. The van der Waals surface area contributed by atoms with Crippen molar-refractivity contribution in [2.24, 2.45) is 5.73 Å². The number of carbonyl (C=O) groups excluding carboxylic acids is 2. The lowest BCUT2D eigenvalue weighted by atomic mass is 10.1. The van der Waals surface area contributed by atoms with Gasteiger partial charge in [-0.3, -0.25) is 9.59 Å². The lowest BCUT2D eigenvalue weighted by Gasteiger charge is -2.04. The smallest absolute Gasteiger partial charge is 0.226 e. The van der Waals surface area contributed by atoms with Gasteiger partial charge in [0.1, 0.15) is 0 Å². The van der Waals surface area contributed by atoms with Crippen molar-refractivity contribution in [3.63, 3.8) is 0 Å². The molecule has 0 aliphatic carbocycles. The summed E-state index contributed by atoms with van der Waals surface area (Å²) in [5.41, 5.74) is 8.08. The van der Waals surface area contributed by atoms with Crippen LogP contribution >= 0.6 is 0 Å². The molecule has 3 N–H and O–H groups in total. The van der Waals surface area contributed by atoms with Crippen LogP contribution in [0, 0.1) is 6.92 Å². The number of primary amides is 1. The van der Waals surface area contributed by atoms with Crippen molar-refractivity contribution >= 4 is 11.7 Å². The number of ketones is 1. The molecule has 4 nitrogen and oxygen atoms in total. The molecule has 1 aromatic carbocycles. The summed E-state index contributed by atoms with van der Waals surface area (Å²) >= 11 is 0. The summed E-state index contributed by atoms with van der Waals surface area (Å²) in [5, 5.41) is 0. The molecular weight excluding hydrogens is 240 g/mol. The van der Waals surface area contributed by atoms with Gasteiger partial charge in [-0.25, -0.2) is 0 Å². The van der Waals surface area contributed by atoms with Crippen LogP contribution in [0.25, 0.3) is 0 Å². The maximum absolute atomic E-state index is 12.2. The average molecular weight is 256 g/mol. The number of aryl methyl sites for hydroxylation is 1. The molecule has 1 unspecified atom stereocenters. The van der Waals surface area contributed by atoms with Gasteiger partial charge in [-0.1, -0.05) is 29.8 Å². The molecule has 0 saturated carbocycles. The van der Waals surface area contributed by atoms with Crippen LogP contribution in [0.2, 0.25) is 0 Å². The minimum absolute atomic E-state index is 0.0945. The van der Waals surface area contributed by atoms with Gasteiger partial charge in [-0.15, -0.1) is 0 Å². The molecule has 2 rings (SSSR count). The number of amides is 1. The van der Waals surface area contributed by atoms with Crippen molar-refractivity contribution in [1.29, 1.82) is 0 Å². The quantitative estimate of drug-likeness (QED) is 0.822. The zero-order chi connectivity index (χ0) is 14.0. The van der Waals surface area contributed by atoms with E-state index in [1.165, 1.54) is 0 Å². The van der Waals surface area contributed by atoms with Gasteiger partial charge in [0.2, 0.25) is 11.7 Å². The number of rotatable bonds is 4. The van der Waals surface area contributed by atoms with Crippen LogP contribution in [0.4, 0.5) is 0 Å². The lowest BCUT2D eigenvalue weighted by molar-refractivity contribution is -0.119. The van der Waals surface area contributed by atoms with Crippen molar-refractivity contribution in [2.45, 2.75) is 19.8 Å². The highest BCUT2D eigenvalue weighted by Gasteiger charge is 2.16. The molecule has 19 heavy (non-hydrogen) atoms. The number of aromatic nitrogens is 1. The van der Waals surface area contributed by atoms with Crippen LogP contribution in [-0.2, 0) is 4.79 Å². The maximum Gasteiger partial charge on any atom is 0.226 e. The third-order valence-corrected chi connectivity index (χ3v) is 3.16. The van der Waals surface area contributed by atoms with E-state index in [1.807, 2.05) is 19.1 Å². The van der Waals surface area contributed by atoms with Gasteiger partial charge in [0, 0.05) is 11.3 Å². The van der Waals surface area contributed by atoms with Gasteiger partial charge >= 0.3 is 0 Å². The van der Waals surface area contributed by atoms with Gasteiger partial charge < -0.3 is 10.7 Å². The van der Waals surface area contributed by atoms with Crippen molar-refractivity contribution in [3.8, 4) is 0 Å². The van der Waals surface area contributed by atoms with Crippen LogP contribution in [-0.4, -0.2) is 16.7 Å². The van der Waals surface area contributed by atoms with Gasteiger partial charge in [0.05, 0.1) is 11.6 Å². The number of hydrogen-bond acceptors (Lipinski definition) is 2.